The molecular formula is C68H115N17O16. The number of carbonyl (C=O) groups is 13. The third kappa shape index (κ3) is 36.9. The number of primary amides is 1. The van der Waals surface area contributed by atoms with Crippen LogP contribution in [0, 0.1) is 17.8 Å². The summed E-state index contributed by atoms with van der Waals surface area (Å²) >= 11 is 0. The molecule has 33 nitrogen and oxygen atoms in total. The summed E-state index contributed by atoms with van der Waals surface area (Å²) in [6, 6.07) is -5.18. The lowest BCUT2D eigenvalue weighted by Gasteiger charge is -2.29. The average Bonchev–Trinajstić information content (AvgIpc) is 0.868. The first-order valence-corrected chi connectivity index (χ1v) is 35.3. The number of benzene rings is 1. The number of nitrogens with zero attached hydrogens (tertiary/aromatic N) is 2. The van der Waals surface area contributed by atoms with Crippen molar-refractivity contribution in [2.45, 2.75) is 250 Å². The van der Waals surface area contributed by atoms with Gasteiger partial charge < -0.3 is 97.2 Å². The Morgan fingerprint density at radius 3 is 1.60 bits per heavy atom. The first-order chi connectivity index (χ1) is 47.9. The normalized spacial score (nSPS) is 23.8. The minimum atomic E-state index is -1.91. The number of aliphatic hydroxyl groups excluding tert-OH is 2. The second-order valence-corrected chi connectivity index (χ2v) is 26.5. The number of carbonyl (C=O) groups excluding carboxylic acids is 12. The van der Waals surface area contributed by atoms with Gasteiger partial charge in [0.05, 0.1) is 37.1 Å². The van der Waals surface area contributed by atoms with Crippen LogP contribution in [0.25, 0.3) is 0 Å². The van der Waals surface area contributed by atoms with Crippen molar-refractivity contribution < 1.29 is 77.6 Å². The minimum Gasteiger partial charge on any atom is -0.481 e. The van der Waals surface area contributed by atoms with Crippen molar-refractivity contribution in [2.75, 3.05) is 32.8 Å². The van der Waals surface area contributed by atoms with Gasteiger partial charge in [-0.15, -0.1) is 0 Å². The van der Waals surface area contributed by atoms with Crippen LogP contribution in [0.3, 0.4) is 0 Å². The molecule has 0 aromatic heterocycles. The molecule has 568 valence electrons. The lowest BCUT2D eigenvalue weighted by atomic mass is 9.92. The highest BCUT2D eigenvalue weighted by Gasteiger charge is 2.38. The zero-order valence-corrected chi connectivity index (χ0v) is 59.6. The largest absolute Gasteiger partial charge is 0.481 e. The number of amides is 10. The first kappa shape index (κ1) is 88.2. The Labute approximate surface area is 592 Å². The van der Waals surface area contributed by atoms with E-state index in [1.54, 1.807) is 44.2 Å². The average molecular weight is 1430 g/mol. The number of nitrogens with two attached hydrogens (primary N) is 5. The van der Waals surface area contributed by atoms with Gasteiger partial charge in [-0.2, -0.15) is 0 Å². The van der Waals surface area contributed by atoms with Crippen molar-refractivity contribution in [1.82, 2.24) is 53.2 Å². The van der Waals surface area contributed by atoms with Crippen molar-refractivity contribution in [3.8, 4) is 0 Å². The van der Waals surface area contributed by atoms with Crippen LogP contribution in [0.15, 0.2) is 40.3 Å². The van der Waals surface area contributed by atoms with Crippen LogP contribution in [0.1, 0.15) is 188 Å². The second kappa shape index (κ2) is 48.8. The fraction of sp³-hybridized carbons (Fsp3) is 0.691. The van der Waals surface area contributed by atoms with E-state index in [4.69, 9.17) is 28.7 Å². The summed E-state index contributed by atoms with van der Waals surface area (Å²) in [5.74, 6) is -14.3. The van der Waals surface area contributed by atoms with Gasteiger partial charge in [-0.05, 0) is 114 Å². The highest BCUT2D eigenvalue weighted by Crippen LogP contribution is 2.18. The maximum Gasteiger partial charge on any atom is 0.305 e. The highest BCUT2D eigenvalue weighted by atomic mass is 16.4. The minimum absolute atomic E-state index is 0.00234. The van der Waals surface area contributed by atoms with Crippen LogP contribution in [-0.4, -0.2) is 197 Å². The molecule has 0 saturated carbocycles. The van der Waals surface area contributed by atoms with Crippen LogP contribution < -0.4 is 81.8 Å². The first-order valence-electron chi connectivity index (χ1n) is 35.3. The number of ketones is 2. The maximum absolute atomic E-state index is 14.7. The summed E-state index contributed by atoms with van der Waals surface area (Å²) in [7, 11) is 0. The SMILES string of the molecule is CCCCNC(N)=NCCC[C@@H]1NC(=O)[C@H]([C@@H](C)O)NC(=O)[C@H](CO)CC(=O)[C@H](CC(C)C)NC(=O)[C@H](CC(=O)O)NC(=O)[C@H](Cc2ccccc2)NC(=O)[C@H](CCC(N)=O)NC(=O)CCCCCCCC(=O)[C@H](CCCCN)NC(=O)[C@H](CC(C)C)NC(=O)[C@H](CCCN=C(N)N)NC1=O. The van der Waals surface area contributed by atoms with E-state index in [9.17, 15) is 77.6 Å². The third-order valence-corrected chi connectivity index (χ3v) is 16.6. The zero-order chi connectivity index (χ0) is 75.6. The summed E-state index contributed by atoms with van der Waals surface area (Å²) in [6.45, 7) is 9.99. The molecular weight excluding hydrogens is 1310 g/mol. The molecule has 1 aromatic rings. The monoisotopic (exact) mass is 1430 g/mol. The Bertz CT molecular complexity index is 2890. The number of hydrogen-bond acceptors (Lipinski definition) is 18. The number of hydrogen-bond donors (Lipinski definition) is 18. The van der Waals surface area contributed by atoms with Crippen molar-refractivity contribution in [2.24, 2.45) is 56.4 Å². The molecule has 2 rings (SSSR count). The molecule has 23 N–H and O–H groups in total. The molecule has 1 saturated heterocycles. The number of carboxylic acid groups (broad SMARTS) is 1. The number of aliphatic imine (C=N–C) groups is 2. The van der Waals surface area contributed by atoms with E-state index >= 15 is 0 Å². The highest BCUT2D eigenvalue weighted by molar-refractivity contribution is 6.00. The number of guanidine groups is 2. The summed E-state index contributed by atoms with van der Waals surface area (Å²) < 4.78 is 0. The van der Waals surface area contributed by atoms with Crippen LogP contribution in [0.2, 0.25) is 0 Å². The molecule has 1 fully saturated rings. The van der Waals surface area contributed by atoms with Gasteiger partial charge in [-0.3, -0.25) is 72.3 Å². The predicted molar refractivity (Wildman–Crippen MR) is 378 cm³/mol. The number of aliphatic hydroxyl groups is 2. The molecule has 1 aliphatic rings. The van der Waals surface area contributed by atoms with E-state index in [0.29, 0.717) is 63.6 Å². The van der Waals surface area contributed by atoms with Crippen LogP contribution in [0.5, 0.6) is 0 Å². The van der Waals surface area contributed by atoms with E-state index < -0.39 is 157 Å². The molecule has 1 aromatic carbocycles. The van der Waals surface area contributed by atoms with Crippen LogP contribution >= 0.6 is 0 Å². The molecule has 0 aliphatic carbocycles. The van der Waals surface area contributed by atoms with E-state index in [2.05, 4.69) is 63.2 Å². The summed E-state index contributed by atoms with van der Waals surface area (Å²) in [5, 5.41) is 58.1. The van der Waals surface area contributed by atoms with E-state index in [0.717, 1.165) is 19.8 Å². The summed E-state index contributed by atoms with van der Waals surface area (Å²) in [6.07, 6.45) is 0.685. The Hall–Kier alpha value is -8.85. The number of carboxylic acids is 1. The van der Waals surface area contributed by atoms with Gasteiger partial charge in [-0.1, -0.05) is 90.6 Å². The number of Topliss-reactive ketones (excluding diaryl/α,β-unsaturated/α-hetero) is 2. The van der Waals surface area contributed by atoms with Gasteiger partial charge in [-0.25, -0.2) is 0 Å². The molecule has 0 spiro atoms. The molecule has 1 heterocycles. The molecule has 10 amide bonds. The number of aliphatic carboxylic acids is 1. The standard InChI is InChI=1S/C68H115N17O16/c1-7-8-31-75-68(73)76-33-20-25-47-60(95)79-46(24-19-32-74-67(71)72)61(96)82-50(35-41(4)5)63(98)78-45(23-17-18-30-69)53(88)26-15-10-9-11-16-27-56(91)77-48(28-29-55(70)90)62(97)83-51(36-43-21-13-12-14-22-43)64(99)84-52(38-57(92)93)65(100)81-49(34-40(2)3)54(89)37-44(39-86)59(94)85-58(42(6)87)66(101)80-47/h12-14,21-22,40-42,44-52,58,86-87H,7-11,15-20,23-39,69H2,1-6H3,(H2,70,90)(H,77,91)(H,78,98)(H,79,95)(H,80,101)(H,81,100)(H,82,96)(H,83,97)(H,84,99)(H,85,94)(H,92,93)(H4,71,72,74)(H3,73,75,76)/t42-,44+,45+,46+,47+,48+,49+,50+,51+,52+,58+/m1/s1. The Kier molecular flexibility index (Phi) is 42.7. The smallest absolute Gasteiger partial charge is 0.305 e. The summed E-state index contributed by atoms with van der Waals surface area (Å²) in [5.41, 5.74) is 29.1. The summed E-state index contributed by atoms with van der Waals surface area (Å²) in [4.78, 5) is 190. The van der Waals surface area contributed by atoms with Crippen molar-refractivity contribution >= 4 is 88.5 Å². The molecule has 0 radical (unpaired) electrons. The molecule has 11 atom stereocenters. The number of nitrogens with one attached hydrogen (secondary N) is 10. The lowest BCUT2D eigenvalue weighted by Crippen LogP contribution is -2.60. The molecule has 1 aliphatic heterocycles. The Morgan fingerprint density at radius 2 is 1.04 bits per heavy atom. The molecule has 33 heteroatoms. The van der Waals surface area contributed by atoms with Gasteiger partial charge in [0.2, 0.25) is 59.1 Å². The van der Waals surface area contributed by atoms with E-state index in [1.807, 2.05) is 20.8 Å². The predicted octanol–water partition coefficient (Wildman–Crippen LogP) is -1.65. The van der Waals surface area contributed by atoms with Gasteiger partial charge in [0.15, 0.2) is 23.5 Å². The van der Waals surface area contributed by atoms with Crippen molar-refractivity contribution in [3.05, 3.63) is 35.9 Å². The topological polar surface area (TPSA) is 558 Å². The number of unbranched alkanes of at least 4 members (excludes halogenated alkanes) is 2. The van der Waals surface area contributed by atoms with Crippen molar-refractivity contribution in [1.29, 1.82) is 0 Å². The fourth-order valence-electron chi connectivity index (χ4n) is 11.0. The lowest BCUT2D eigenvalue weighted by molar-refractivity contribution is -0.141. The zero-order valence-electron chi connectivity index (χ0n) is 59.6. The quantitative estimate of drug-likeness (QED) is 0.0254. The molecule has 101 heavy (non-hydrogen) atoms. The molecule has 0 bridgehead atoms. The number of rotatable bonds is 28. The van der Waals surface area contributed by atoms with Crippen molar-refractivity contribution in [3.63, 3.8) is 0 Å². The molecule has 0 unspecified atom stereocenters. The second-order valence-electron chi connectivity index (χ2n) is 26.5. The van der Waals surface area contributed by atoms with Gasteiger partial charge in [0.25, 0.3) is 0 Å². The van der Waals surface area contributed by atoms with Gasteiger partial charge >= 0.3 is 5.97 Å². The Morgan fingerprint density at radius 1 is 0.545 bits per heavy atom. The van der Waals surface area contributed by atoms with Gasteiger partial charge in [0.1, 0.15) is 42.3 Å². The van der Waals surface area contributed by atoms with Crippen LogP contribution in [0.4, 0.5) is 0 Å². The van der Waals surface area contributed by atoms with Gasteiger partial charge in [0, 0.05) is 51.7 Å². The van der Waals surface area contributed by atoms with E-state index in [1.165, 1.54) is 0 Å². The van der Waals surface area contributed by atoms with E-state index in [-0.39, 0.29) is 120 Å². The fourth-order valence-corrected chi connectivity index (χ4v) is 11.0. The Balaban J connectivity index is 2.84. The third-order valence-electron chi connectivity index (χ3n) is 16.6. The van der Waals surface area contributed by atoms with Crippen LogP contribution in [-0.2, 0) is 68.7 Å². The maximum atomic E-state index is 14.7.